The van der Waals surface area contributed by atoms with Gasteiger partial charge in [0.25, 0.3) is 0 Å². The van der Waals surface area contributed by atoms with Crippen molar-refractivity contribution in [3.8, 4) is 0 Å². The molecule has 0 atom stereocenters. The number of alkyl halides is 1. The van der Waals surface area contributed by atoms with E-state index in [-0.39, 0.29) is 6.42 Å². The van der Waals surface area contributed by atoms with Crippen LogP contribution in [0.4, 0.5) is 4.39 Å². The molecular weight excluding hydrogens is 366 g/mol. The molecule has 0 saturated carbocycles. The summed E-state index contributed by atoms with van der Waals surface area (Å²) in [7, 11) is 0. The van der Waals surface area contributed by atoms with Crippen molar-refractivity contribution < 1.29 is 14.3 Å². The van der Waals surface area contributed by atoms with Crippen molar-refractivity contribution in [1.82, 2.24) is 9.78 Å². The van der Waals surface area contributed by atoms with Gasteiger partial charge >= 0.3 is 5.97 Å². The molecular formula is C18H15Cl2FN2O2. The van der Waals surface area contributed by atoms with Crippen molar-refractivity contribution in [3.05, 3.63) is 63.3 Å². The molecule has 0 spiro atoms. The fourth-order valence-electron chi connectivity index (χ4n) is 2.71. The Balaban J connectivity index is 2.04. The highest BCUT2D eigenvalue weighted by Crippen LogP contribution is 2.26. The normalized spacial score (nSPS) is 11.2. The van der Waals surface area contributed by atoms with Gasteiger partial charge in [-0.2, -0.15) is 5.10 Å². The summed E-state index contributed by atoms with van der Waals surface area (Å²) in [5.74, 6) is -0.885. The number of benzene rings is 2. The Morgan fingerprint density at radius 2 is 2.00 bits per heavy atom. The summed E-state index contributed by atoms with van der Waals surface area (Å²) in [4.78, 5) is 10.9. The number of aliphatic carboxylic acids is 1. The van der Waals surface area contributed by atoms with Crippen molar-refractivity contribution in [3.63, 3.8) is 0 Å². The third-order valence-corrected chi connectivity index (χ3v) is 4.54. The van der Waals surface area contributed by atoms with Crippen molar-refractivity contribution in [2.45, 2.75) is 26.1 Å². The lowest BCUT2D eigenvalue weighted by Gasteiger charge is -2.07. The molecule has 3 aromatic rings. The summed E-state index contributed by atoms with van der Waals surface area (Å²) in [5, 5.41) is 15.3. The maximum atomic E-state index is 13.0. The topological polar surface area (TPSA) is 55.1 Å². The van der Waals surface area contributed by atoms with E-state index in [0.717, 1.165) is 16.5 Å². The van der Waals surface area contributed by atoms with Crippen LogP contribution in [-0.2, 0) is 24.4 Å². The number of rotatable bonds is 6. The van der Waals surface area contributed by atoms with Gasteiger partial charge in [-0.15, -0.1) is 0 Å². The molecule has 3 rings (SSSR count). The lowest BCUT2D eigenvalue weighted by Crippen LogP contribution is -2.04. The van der Waals surface area contributed by atoms with Gasteiger partial charge in [-0.1, -0.05) is 41.4 Å². The van der Waals surface area contributed by atoms with Gasteiger partial charge in [0.2, 0.25) is 0 Å². The minimum absolute atomic E-state index is 0.0152. The number of carboxylic acids is 1. The van der Waals surface area contributed by atoms with E-state index in [0.29, 0.717) is 34.3 Å². The van der Waals surface area contributed by atoms with E-state index in [1.54, 1.807) is 35.0 Å². The van der Waals surface area contributed by atoms with Gasteiger partial charge in [0.1, 0.15) is 6.67 Å². The van der Waals surface area contributed by atoms with E-state index in [9.17, 15) is 9.18 Å². The molecule has 1 heterocycles. The molecule has 0 radical (unpaired) electrons. The molecule has 0 aliphatic heterocycles. The van der Waals surface area contributed by atoms with Gasteiger partial charge in [0.15, 0.2) is 0 Å². The van der Waals surface area contributed by atoms with E-state index in [4.69, 9.17) is 28.3 Å². The van der Waals surface area contributed by atoms with E-state index >= 15 is 0 Å². The lowest BCUT2D eigenvalue weighted by atomic mass is 10.1. The van der Waals surface area contributed by atoms with Gasteiger partial charge in [-0.25, -0.2) is 4.39 Å². The zero-order valence-corrected chi connectivity index (χ0v) is 14.7. The second-order valence-corrected chi connectivity index (χ2v) is 6.56. The minimum atomic E-state index is -0.885. The van der Waals surface area contributed by atoms with E-state index in [1.807, 2.05) is 6.07 Å². The van der Waals surface area contributed by atoms with Crippen LogP contribution in [0.15, 0.2) is 36.4 Å². The molecule has 0 saturated heterocycles. The molecule has 7 heteroatoms. The molecule has 0 unspecified atom stereocenters. The molecule has 0 aliphatic carbocycles. The van der Waals surface area contributed by atoms with Crippen molar-refractivity contribution in [2.75, 3.05) is 0 Å². The average Bonchev–Trinajstić information content (AvgIpc) is 2.92. The zero-order valence-electron chi connectivity index (χ0n) is 13.2. The van der Waals surface area contributed by atoms with Crippen molar-refractivity contribution in [2.24, 2.45) is 0 Å². The molecule has 0 aliphatic rings. The number of halogens is 3. The fourth-order valence-corrected chi connectivity index (χ4v) is 3.18. The van der Waals surface area contributed by atoms with Crippen LogP contribution in [0.1, 0.15) is 23.2 Å². The van der Waals surface area contributed by atoms with Crippen LogP contribution in [0.5, 0.6) is 0 Å². The lowest BCUT2D eigenvalue weighted by molar-refractivity contribution is -0.136. The molecule has 130 valence electrons. The quantitative estimate of drug-likeness (QED) is 0.662. The van der Waals surface area contributed by atoms with Gasteiger partial charge < -0.3 is 5.11 Å². The average molecular weight is 381 g/mol. The summed E-state index contributed by atoms with van der Waals surface area (Å²) in [5.41, 5.74) is 2.79. The minimum Gasteiger partial charge on any atom is -0.481 e. The molecule has 0 amide bonds. The summed E-state index contributed by atoms with van der Waals surface area (Å²) in [6.45, 7) is -0.192. The molecule has 1 N–H and O–H groups in total. The van der Waals surface area contributed by atoms with Gasteiger partial charge in [-0.3, -0.25) is 9.48 Å². The first kappa shape index (κ1) is 17.7. The Labute approximate surface area is 153 Å². The SMILES string of the molecule is O=C(O)CCc1nn(Cc2ccc(Cl)cc2Cl)c2cc(CF)ccc12. The van der Waals surface area contributed by atoms with Gasteiger partial charge in [-0.05, 0) is 29.3 Å². The zero-order chi connectivity index (χ0) is 18.0. The fraction of sp³-hybridized carbons (Fsp3) is 0.222. The first-order valence-corrected chi connectivity index (χ1v) is 8.43. The highest BCUT2D eigenvalue weighted by atomic mass is 35.5. The standard InChI is InChI=1S/C18H15Cl2FN2O2/c19-13-3-2-12(15(20)8-13)10-23-17-7-11(9-21)1-4-14(17)16(22-23)5-6-18(24)25/h1-4,7-8H,5-6,9-10H2,(H,24,25). The smallest absolute Gasteiger partial charge is 0.303 e. The summed E-state index contributed by atoms with van der Waals surface area (Å²) < 4.78 is 14.8. The predicted molar refractivity (Wildman–Crippen MR) is 96.1 cm³/mol. The third kappa shape index (κ3) is 3.94. The number of aryl methyl sites for hydroxylation is 1. The molecule has 2 aromatic carbocycles. The van der Waals surface area contributed by atoms with Crippen LogP contribution in [0.3, 0.4) is 0 Å². The second kappa shape index (κ2) is 7.42. The predicted octanol–water partition coefficient (Wildman–Crippen LogP) is 4.88. The van der Waals surface area contributed by atoms with Crippen LogP contribution in [0, 0.1) is 0 Å². The first-order valence-electron chi connectivity index (χ1n) is 7.68. The number of carbonyl (C=O) groups is 1. The van der Waals surface area contributed by atoms with Crippen LogP contribution in [0.2, 0.25) is 10.0 Å². The number of fused-ring (bicyclic) bond motifs is 1. The molecule has 25 heavy (non-hydrogen) atoms. The van der Waals surface area contributed by atoms with Crippen LogP contribution in [0.25, 0.3) is 10.9 Å². The molecule has 0 bridgehead atoms. The van der Waals surface area contributed by atoms with E-state index < -0.39 is 12.6 Å². The molecule has 1 aromatic heterocycles. The number of hydrogen-bond donors (Lipinski definition) is 1. The Bertz CT molecular complexity index is 940. The summed E-state index contributed by atoms with van der Waals surface area (Å²) in [6.07, 6.45) is 0.292. The van der Waals surface area contributed by atoms with Crippen LogP contribution >= 0.6 is 23.2 Å². The van der Waals surface area contributed by atoms with E-state index in [2.05, 4.69) is 5.10 Å². The third-order valence-electron chi connectivity index (χ3n) is 3.96. The van der Waals surface area contributed by atoms with Crippen molar-refractivity contribution in [1.29, 1.82) is 0 Å². The number of hydrogen-bond acceptors (Lipinski definition) is 2. The van der Waals surface area contributed by atoms with Gasteiger partial charge in [0, 0.05) is 21.9 Å². The Kier molecular flexibility index (Phi) is 5.25. The van der Waals surface area contributed by atoms with E-state index in [1.165, 1.54) is 0 Å². The molecule has 0 fully saturated rings. The largest absolute Gasteiger partial charge is 0.481 e. The second-order valence-electron chi connectivity index (χ2n) is 5.72. The summed E-state index contributed by atoms with van der Waals surface area (Å²) in [6, 6.07) is 10.4. The highest BCUT2D eigenvalue weighted by molar-refractivity contribution is 6.35. The van der Waals surface area contributed by atoms with Crippen LogP contribution < -0.4 is 0 Å². The van der Waals surface area contributed by atoms with Crippen LogP contribution in [-0.4, -0.2) is 20.9 Å². The Hall–Kier alpha value is -2.11. The maximum Gasteiger partial charge on any atom is 0.303 e. The number of aromatic nitrogens is 2. The van der Waals surface area contributed by atoms with Gasteiger partial charge in [0.05, 0.1) is 24.2 Å². The first-order chi connectivity index (χ1) is 12.0. The maximum absolute atomic E-state index is 13.0. The number of carboxylic acid groups (broad SMARTS) is 1. The highest BCUT2D eigenvalue weighted by Gasteiger charge is 2.14. The molecule has 4 nitrogen and oxygen atoms in total. The monoisotopic (exact) mass is 380 g/mol. The Morgan fingerprint density at radius 3 is 2.68 bits per heavy atom. The van der Waals surface area contributed by atoms with Crippen molar-refractivity contribution >= 4 is 40.1 Å². The Morgan fingerprint density at radius 1 is 1.20 bits per heavy atom. The summed E-state index contributed by atoms with van der Waals surface area (Å²) >= 11 is 12.2. The number of nitrogens with zero attached hydrogens (tertiary/aromatic N) is 2.